The monoisotopic (exact) mass is 290 g/mol. The van der Waals surface area contributed by atoms with Gasteiger partial charge < -0.3 is 9.88 Å². The maximum atomic E-state index is 4.54. The summed E-state index contributed by atoms with van der Waals surface area (Å²) in [6, 6.07) is 0. The molecule has 3 rings (SSSR count). The lowest BCUT2D eigenvalue weighted by molar-refractivity contribution is 0.316. The van der Waals surface area contributed by atoms with E-state index < -0.39 is 0 Å². The number of imidazole rings is 1. The second kappa shape index (κ2) is 5.66. The molecule has 0 unspecified atom stereocenters. The SMILES string of the molecule is Cc1nc(CCn2cncc2C2(C)CCNCC2)cs1. The van der Waals surface area contributed by atoms with Gasteiger partial charge in [-0.2, -0.15) is 0 Å². The summed E-state index contributed by atoms with van der Waals surface area (Å²) in [5.41, 5.74) is 2.84. The van der Waals surface area contributed by atoms with Crippen molar-refractivity contribution in [2.45, 2.75) is 45.1 Å². The lowest BCUT2D eigenvalue weighted by atomic mass is 9.78. The zero-order chi connectivity index (χ0) is 14.0. The predicted molar refractivity (Wildman–Crippen MR) is 82.2 cm³/mol. The van der Waals surface area contributed by atoms with E-state index in [2.05, 4.69) is 45.3 Å². The van der Waals surface area contributed by atoms with Crippen LogP contribution in [0.4, 0.5) is 0 Å². The molecule has 0 bridgehead atoms. The van der Waals surface area contributed by atoms with Crippen LogP contribution in [0.5, 0.6) is 0 Å². The van der Waals surface area contributed by atoms with E-state index in [1.807, 2.05) is 6.33 Å². The van der Waals surface area contributed by atoms with Crippen molar-refractivity contribution in [2.24, 2.45) is 0 Å². The topological polar surface area (TPSA) is 42.7 Å². The van der Waals surface area contributed by atoms with Crippen LogP contribution in [0, 0.1) is 6.92 Å². The third kappa shape index (κ3) is 2.79. The number of aryl methyl sites for hydroxylation is 3. The highest BCUT2D eigenvalue weighted by atomic mass is 32.1. The van der Waals surface area contributed by atoms with E-state index in [1.54, 1.807) is 11.3 Å². The Labute approximate surface area is 124 Å². The quantitative estimate of drug-likeness (QED) is 0.941. The fraction of sp³-hybridized carbons (Fsp3) is 0.600. The van der Waals surface area contributed by atoms with Crippen molar-refractivity contribution in [1.29, 1.82) is 0 Å². The van der Waals surface area contributed by atoms with E-state index in [9.17, 15) is 0 Å². The Morgan fingerprint density at radius 3 is 2.90 bits per heavy atom. The molecule has 5 heteroatoms. The van der Waals surface area contributed by atoms with E-state index in [0.29, 0.717) is 0 Å². The Balaban J connectivity index is 1.73. The summed E-state index contributed by atoms with van der Waals surface area (Å²) in [5.74, 6) is 0. The number of nitrogens with one attached hydrogen (secondary N) is 1. The summed E-state index contributed by atoms with van der Waals surface area (Å²) in [5, 5.41) is 6.76. The summed E-state index contributed by atoms with van der Waals surface area (Å²) in [6.45, 7) is 7.61. The first-order valence-corrected chi connectivity index (χ1v) is 8.18. The minimum atomic E-state index is 0.264. The van der Waals surface area contributed by atoms with E-state index in [0.717, 1.165) is 31.1 Å². The molecule has 0 aromatic carbocycles. The summed E-state index contributed by atoms with van der Waals surface area (Å²) in [6.07, 6.45) is 7.39. The van der Waals surface area contributed by atoms with Gasteiger partial charge >= 0.3 is 0 Å². The highest BCUT2D eigenvalue weighted by molar-refractivity contribution is 7.09. The Morgan fingerprint density at radius 2 is 2.20 bits per heavy atom. The van der Waals surface area contributed by atoms with Crippen LogP contribution in [0.25, 0.3) is 0 Å². The molecule has 1 aliphatic heterocycles. The fourth-order valence-corrected chi connectivity index (χ4v) is 3.64. The molecule has 0 saturated carbocycles. The van der Waals surface area contributed by atoms with Crippen LogP contribution in [0.15, 0.2) is 17.9 Å². The number of aromatic nitrogens is 3. The molecule has 0 aliphatic carbocycles. The number of hydrogen-bond donors (Lipinski definition) is 1. The van der Waals surface area contributed by atoms with Crippen molar-refractivity contribution in [2.75, 3.05) is 13.1 Å². The van der Waals surface area contributed by atoms with Gasteiger partial charge in [0, 0.05) is 35.7 Å². The molecule has 2 aromatic rings. The fourth-order valence-electron chi connectivity index (χ4n) is 2.99. The molecule has 1 saturated heterocycles. The first-order chi connectivity index (χ1) is 9.67. The third-order valence-corrected chi connectivity index (χ3v) is 5.14. The Hall–Kier alpha value is -1.20. The Kier molecular flexibility index (Phi) is 3.89. The maximum absolute atomic E-state index is 4.54. The molecule has 0 spiro atoms. The zero-order valence-electron chi connectivity index (χ0n) is 12.2. The van der Waals surface area contributed by atoms with Crippen LogP contribution in [0.3, 0.4) is 0 Å². The van der Waals surface area contributed by atoms with Crippen molar-refractivity contribution in [3.8, 4) is 0 Å². The molecule has 0 radical (unpaired) electrons. The average Bonchev–Trinajstić information content (AvgIpc) is 3.06. The van der Waals surface area contributed by atoms with Gasteiger partial charge in [0.2, 0.25) is 0 Å². The standard InChI is InChI=1S/C15H22N4S/c1-12-18-13(10-20-12)3-8-19-11-17-9-14(19)15(2)4-6-16-7-5-15/h9-11,16H,3-8H2,1-2H3. The van der Waals surface area contributed by atoms with Crippen LogP contribution in [0.2, 0.25) is 0 Å². The van der Waals surface area contributed by atoms with Gasteiger partial charge in [0.05, 0.1) is 17.0 Å². The molecule has 0 amide bonds. The third-order valence-electron chi connectivity index (χ3n) is 4.31. The molecule has 0 atom stereocenters. The molecule has 108 valence electrons. The molecule has 1 aliphatic rings. The molecule has 2 aromatic heterocycles. The highest BCUT2D eigenvalue weighted by Crippen LogP contribution is 2.32. The van der Waals surface area contributed by atoms with Crippen LogP contribution < -0.4 is 5.32 Å². The second-order valence-corrected chi connectivity index (χ2v) is 6.95. The van der Waals surface area contributed by atoms with Crippen LogP contribution in [-0.4, -0.2) is 27.6 Å². The van der Waals surface area contributed by atoms with Crippen molar-refractivity contribution in [3.63, 3.8) is 0 Å². The minimum absolute atomic E-state index is 0.264. The first-order valence-electron chi connectivity index (χ1n) is 7.30. The number of rotatable bonds is 4. The summed E-state index contributed by atoms with van der Waals surface area (Å²) in [7, 11) is 0. The highest BCUT2D eigenvalue weighted by Gasteiger charge is 2.31. The number of nitrogens with zero attached hydrogens (tertiary/aromatic N) is 3. The van der Waals surface area contributed by atoms with Gasteiger partial charge in [-0.25, -0.2) is 9.97 Å². The summed E-state index contributed by atoms with van der Waals surface area (Å²) < 4.78 is 2.32. The lowest BCUT2D eigenvalue weighted by Gasteiger charge is -2.34. The van der Waals surface area contributed by atoms with Crippen molar-refractivity contribution in [1.82, 2.24) is 19.9 Å². The maximum Gasteiger partial charge on any atom is 0.0948 e. The molecule has 1 N–H and O–H groups in total. The molecule has 4 nitrogen and oxygen atoms in total. The molecule has 20 heavy (non-hydrogen) atoms. The van der Waals surface area contributed by atoms with E-state index in [-0.39, 0.29) is 5.41 Å². The van der Waals surface area contributed by atoms with Crippen molar-refractivity contribution in [3.05, 3.63) is 34.3 Å². The largest absolute Gasteiger partial charge is 0.334 e. The van der Waals surface area contributed by atoms with Crippen molar-refractivity contribution >= 4 is 11.3 Å². The van der Waals surface area contributed by atoms with Gasteiger partial charge in [0.1, 0.15) is 0 Å². The van der Waals surface area contributed by atoms with Crippen LogP contribution in [0.1, 0.15) is 36.2 Å². The van der Waals surface area contributed by atoms with Crippen molar-refractivity contribution < 1.29 is 0 Å². The van der Waals surface area contributed by atoms with Crippen LogP contribution >= 0.6 is 11.3 Å². The van der Waals surface area contributed by atoms with E-state index >= 15 is 0 Å². The normalized spacial score (nSPS) is 18.3. The number of hydrogen-bond acceptors (Lipinski definition) is 4. The van der Waals surface area contributed by atoms with Gasteiger partial charge in [-0.3, -0.25) is 0 Å². The Morgan fingerprint density at radius 1 is 1.40 bits per heavy atom. The predicted octanol–water partition coefficient (Wildman–Crippen LogP) is 2.53. The van der Waals surface area contributed by atoms with Gasteiger partial charge in [0.25, 0.3) is 0 Å². The summed E-state index contributed by atoms with van der Waals surface area (Å²) >= 11 is 1.73. The average molecular weight is 290 g/mol. The zero-order valence-corrected chi connectivity index (χ0v) is 13.0. The van der Waals surface area contributed by atoms with Gasteiger partial charge in [-0.15, -0.1) is 11.3 Å². The summed E-state index contributed by atoms with van der Waals surface area (Å²) in [4.78, 5) is 8.93. The lowest BCUT2D eigenvalue weighted by Crippen LogP contribution is -2.39. The molecule has 3 heterocycles. The Bertz CT molecular complexity index is 566. The van der Waals surface area contributed by atoms with Gasteiger partial charge in [0.15, 0.2) is 0 Å². The molecule has 1 fully saturated rings. The van der Waals surface area contributed by atoms with Gasteiger partial charge in [-0.1, -0.05) is 6.92 Å². The first kappa shape index (κ1) is 13.8. The smallest absolute Gasteiger partial charge is 0.0948 e. The second-order valence-electron chi connectivity index (χ2n) is 5.89. The number of thiazole rings is 1. The molecular formula is C15H22N4S. The minimum Gasteiger partial charge on any atom is -0.334 e. The molecular weight excluding hydrogens is 268 g/mol. The number of piperidine rings is 1. The van der Waals surface area contributed by atoms with E-state index in [4.69, 9.17) is 0 Å². The van der Waals surface area contributed by atoms with Gasteiger partial charge in [-0.05, 0) is 32.9 Å². The van der Waals surface area contributed by atoms with E-state index in [1.165, 1.54) is 24.2 Å². The van der Waals surface area contributed by atoms with Crippen LogP contribution in [-0.2, 0) is 18.4 Å².